The highest BCUT2D eigenvalue weighted by molar-refractivity contribution is 6.33. The number of anilines is 1. The van der Waals surface area contributed by atoms with Crippen LogP contribution in [0.5, 0.6) is 0 Å². The number of carbonyl (C=O) groups is 1. The lowest BCUT2D eigenvalue weighted by Crippen LogP contribution is -2.12. The first-order chi connectivity index (χ1) is 9.06. The van der Waals surface area contributed by atoms with Gasteiger partial charge in [0.05, 0.1) is 11.3 Å². The number of carbonyl (C=O) groups excluding carboxylic acids is 1. The van der Waals surface area contributed by atoms with Crippen molar-refractivity contribution >= 4 is 23.4 Å². The zero-order valence-corrected chi connectivity index (χ0v) is 11.4. The summed E-state index contributed by atoms with van der Waals surface area (Å²) in [5.74, 6) is 0.410. The topological polar surface area (TPSA) is 68.0 Å². The van der Waals surface area contributed by atoms with Crippen molar-refractivity contribution in [3.8, 4) is 0 Å². The van der Waals surface area contributed by atoms with E-state index >= 15 is 0 Å². The highest BCUT2D eigenvalue weighted by Gasteiger charge is 2.13. The fraction of sp³-hybridized carbons (Fsp3) is 0.308. The zero-order chi connectivity index (χ0) is 13.8. The molecule has 100 valence electrons. The van der Waals surface area contributed by atoms with Crippen molar-refractivity contribution in [2.75, 3.05) is 5.32 Å². The number of nitrogens with one attached hydrogen (secondary N) is 1. The van der Waals surface area contributed by atoms with Gasteiger partial charge in [-0.1, -0.05) is 30.6 Å². The molecule has 0 aliphatic rings. The van der Waals surface area contributed by atoms with Gasteiger partial charge in [0, 0.05) is 12.3 Å². The largest absolute Gasteiger partial charge is 0.338 e. The SMILES string of the molecule is CC(C)Cc1cc(NC(=O)c2cccnc2Cl)on1. The average Bonchev–Trinajstić information content (AvgIpc) is 2.76. The molecule has 0 atom stereocenters. The average molecular weight is 280 g/mol. The van der Waals surface area contributed by atoms with Crippen molar-refractivity contribution < 1.29 is 9.32 Å². The molecule has 0 saturated carbocycles. The van der Waals surface area contributed by atoms with E-state index in [9.17, 15) is 4.79 Å². The molecule has 0 fully saturated rings. The number of aromatic nitrogens is 2. The zero-order valence-electron chi connectivity index (χ0n) is 10.7. The first-order valence-electron chi connectivity index (χ1n) is 5.93. The molecule has 6 heteroatoms. The second kappa shape index (κ2) is 5.84. The minimum atomic E-state index is -0.370. The molecule has 5 nitrogen and oxygen atoms in total. The van der Waals surface area contributed by atoms with Crippen molar-refractivity contribution in [2.45, 2.75) is 20.3 Å². The Hall–Kier alpha value is -1.88. The predicted octanol–water partition coefficient (Wildman–Crippen LogP) is 3.17. The summed E-state index contributed by atoms with van der Waals surface area (Å²) in [5.41, 5.74) is 1.11. The third kappa shape index (κ3) is 3.54. The molecule has 0 aliphatic carbocycles. The van der Waals surface area contributed by atoms with Crippen molar-refractivity contribution in [1.29, 1.82) is 0 Å². The number of halogens is 1. The lowest BCUT2D eigenvalue weighted by molar-refractivity contribution is 0.102. The molecule has 2 aromatic rings. The first-order valence-corrected chi connectivity index (χ1v) is 6.31. The number of hydrogen-bond acceptors (Lipinski definition) is 4. The molecule has 0 bridgehead atoms. The van der Waals surface area contributed by atoms with Gasteiger partial charge in [0.25, 0.3) is 5.91 Å². The van der Waals surface area contributed by atoms with Gasteiger partial charge < -0.3 is 4.52 Å². The molecule has 2 heterocycles. The summed E-state index contributed by atoms with van der Waals surface area (Å²) >= 11 is 5.84. The summed E-state index contributed by atoms with van der Waals surface area (Å²) in [5, 5.41) is 6.64. The van der Waals surface area contributed by atoms with Gasteiger partial charge >= 0.3 is 0 Å². The molecule has 0 unspecified atom stereocenters. The van der Waals surface area contributed by atoms with Crippen LogP contribution in [-0.4, -0.2) is 16.0 Å². The second-order valence-electron chi connectivity index (χ2n) is 4.58. The van der Waals surface area contributed by atoms with Crippen molar-refractivity contribution in [1.82, 2.24) is 10.1 Å². The lowest BCUT2D eigenvalue weighted by Gasteiger charge is -2.01. The predicted molar refractivity (Wildman–Crippen MR) is 72.2 cm³/mol. The Labute approximate surface area is 116 Å². The van der Waals surface area contributed by atoms with Gasteiger partial charge in [-0.3, -0.25) is 10.1 Å². The van der Waals surface area contributed by atoms with Gasteiger partial charge in [0.2, 0.25) is 5.88 Å². The fourth-order valence-electron chi connectivity index (χ4n) is 1.62. The Morgan fingerprint density at radius 2 is 2.32 bits per heavy atom. The minimum Gasteiger partial charge on any atom is -0.338 e. The van der Waals surface area contributed by atoms with Gasteiger partial charge in [0.15, 0.2) is 0 Å². The van der Waals surface area contributed by atoms with Gasteiger partial charge in [-0.2, -0.15) is 0 Å². The molecule has 0 spiro atoms. The summed E-state index contributed by atoms with van der Waals surface area (Å²) in [4.78, 5) is 15.8. The molecule has 2 rings (SSSR count). The number of amides is 1. The third-order valence-corrected chi connectivity index (χ3v) is 2.72. The van der Waals surface area contributed by atoms with Gasteiger partial charge in [-0.25, -0.2) is 4.98 Å². The summed E-state index contributed by atoms with van der Waals surface area (Å²) in [6.07, 6.45) is 2.32. The molecular weight excluding hydrogens is 266 g/mol. The number of nitrogens with zero attached hydrogens (tertiary/aromatic N) is 2. The summed E-state index contributed by atoms with van der Waals surface area (Å²) in [6.45, 7) is 4.17. The van der Waals surface area contributed by atoms with Crippen LogP contribution in [0.1, 0.15) is 29.9 Å². The molecule has 0 radical (unpaired) electrons. The van der Waals surface area contributed by atoms with Crippen LogP contribution in [0.3, 0.4) is 0 Å². The van der Waals surface area contributed by atoms with Crippen LogP contribution in [0.4, 0.5) is 5.88 Å². The number of hydrogen-bond donors (Lipinski definition) is 1. The van der Waals surface area contributed by atoms with Crippen LogP contribution < -0.4 is 5.32 Å². The maximum Gasteiger partial charge on any atom is 0.261 e. The van der Waals surface area contributed by atoms with E-state index in [1.165, 1.54) is 6.20 Å². The van der Waals surface area contributed by atoms with E-state index in [-0.39, 0.29) is 11.1 Å². The Balaban J connectivity index is 2.07. The van der Waals surface area contributed by atoms with Crippen LogP contribution >= 0.6 is 11.6 Å². The normalized spacial score (nSPS) is 10.7. The summed E-state index contributed by atoms with van der Waals surface area (Å²) in [7, 11) is 0. The maximum absolute atomic E-state index is 11.9. The second-order valence-corrected chi connectivity index (χ2v) is 4.93. The number of rotatable bonds is 4. The Kier molecular flexibility index (Phi) is 4.16. The smallest absolute Gasteiger partial charge is 0.261 e. The Morgan fingerprint density at radius 1 is 1.53 bits per heavy atom. The maximum atomic E-state index is 11.9. The molecule has 1 N–H and O–H groups in total. The molecule has 0 aliphatic heterocycles. The van der Waals surface area contributed by atoms with Crippen molar-refractivity contribution in [3.05, 3.63) is 40.8 Å². The molecule has 19 heavy (non-hydrogen) atoms. The summed E-state index contributed by atoms with van der Waals surface area (Å²) < 4.78 is 5.05. The van der Waals surface area contributed by atoms with Crippen LogP contribution in [-0.2, 0) is 6.42 Å². The van der Waals surface area contributed by atoms with E-state index < -0.39 is 0 Å². The Bertz CT molecular complexity index is 581. The number of pyridine rings is 1. The molecule has 0 aromatic carbocycles. The van der Waals surface area contributed by atoms with Crippen LogP contribution in [0.2, 0.25) is 5.15 Å². The molecule has 2 aromatic heterocycles. The summed E-state index contributed by atoms with van der Waals surface area (Å²) in [6, 6.07) is 4.95. The van der Waals surface area contributed by atoms with Crippen LogP contribution in [0.25, 0.3) is 0 Å². The highest BCUT2D eigenvalue weighted by atomic mass is 35.5. The minimum absolute atomic E-state index is 0.155. The molecule has 0 saturated heterocycles. The van der Waals surface area contributed by atoms with Crippen molar-refractivity contribution in [3.63, 3.8) is 0 Å². The fourth-order valence-corrected chi connectivity index (χ4v) is 1.83. The van der Waals surface area contributed by atoms with E-state index in [1.54, 1.807) is 18.2 Å². The third-order valence-electron chi connectivity index (χ3n) is 2.42. The van der Waals surface area contributed by atoms with E-state index in [4.69, 9.17) is 16.1 Å². The highest BCUT2D eigenvalue weighted by Crippen LogP contribution is 2.17. The monoisotopic (exact) mass is 279 g/mol. The first kappa shape index (κ1) is 13.5. The standard InChI is InChI=1S/C13H14ClN3O2/c1-8(2)6-9-7-11(19-17-9)16-13(18)10-4-3-5-15-12(10)14/h3-5,7-8H,6H2,1-2H3,(H,16,18). The van der Waals surface area contributed by atoms with E-state index in [1.807, 2.05) is 0 Å². The Morgan fingerprint density at radius 3 is 3.00 bits per heavy atom. The molecular formula is C13H14ClN3O2. The van der Waals surface area contributed by atoms with Crippen molar-refractivity contribution in [2.24, 2.45) is 5.92 Å². The van der Waals surface area contributed by atoms with Gasteiger partial charge in [0.1, 0.15) is 5.15 Å². The quantitative estimate of drug-likeness (QED) is 0.873. The van der Waals surface area contributed by atoms with E-state index in [0.29, 0.717) is 17.4 Å². The van der Waals surface area contributed by atoms with E-state index in [0.717, 1.165) is 12.1 Å². The molecule has 1 amide bonds. The van der Waals surface area contributed by atoms with Crippen LogP contribution in [0, 0.1) is 5.92 Å². The van der Waals surface area contributed by atoms with Crippen LogP contribution in [0.15, 0.2) is 28.9 Å². The van der Waals surface area contributed by atoms with Gasteiger partial charge in [-0.15, -0.1) is 0 Å². The van der Waals surface area contributed by atoms with E-state index in [2.05, 4.69) is 29.3 Å². The van der Waals surface area contributed by atoms with Gasteiger partial charge in [-0.05, 0) is 24.5 Å². The lowest BCUT2D eigenvalue weighted by atomic mass is 10.1.